The van der Waals surface area contributed by atoms with Crippen molar-refractivity contribution in [1.29, 1.82) is 0 Å². The summed E-state index contributed by atoms with van der Waals surface area (Å²) in [5.41, 5.74) is 5.60. The molecule has 2 heteroatoms. The highest BCUT2D eigenvalue weighted by atomic mass is 15.1. The van der Waals surface area contributed by atoms with Gasteiger partial charge in [0, 0.05) is 0 Å². The van der Waals surface area contributed by atoms with Crippen LogP contribution in [-0.2, 0) is 0 Å². The van der Waals surface area contributed by atoms with Crippen molar-refractivity contribution in [3.05, 3.63) is 0 Å². The van der Waals surface area contributed by atoms with E-state index in [2.05, 4.69) is 11.8 Å². The van der Waals surface area contributed by atoms with Gasteiger partial charge in [-0.15, -0.1) is 0 Å². The molecule has 1 fully saturated rings. The van der Waals surface area contributed by atoms with Crippen molar-refractivity contribution >= 4 is 0 Å². The minimum atomic E-state index is 0.808. The van der Waals surface area contributed by atoms with Crippen molar-refractivity contribution in [2.75, 3.05) is 26.2 Å². The molecule has 66 valence electrons. The van der Waals surface area contributed by atoms with Gasteiger partial charge in [0.15, 0.2) is 0 Å². The molecule has 0 aromatic rings. The molecule has 0 amide bonds. The molecule has 0 atom stereocenters. The first kappa shape index (κ1) is 9.01. The van der Waals surface area contributed by atoms with Gasteiger partial charge in [-0.1, -0.05) is 6.92 Å². The van der Waals surface area contributed by atoms with Gasteiger partial charge in [-0.05, 0) is 51.4 Å². The summed E-state index contributed by atoms with van der Waals surface area (Å²) in [6, 6.07) is 0. The number of nitrogens with zero attached hydrogens (tertiary/aromatic N) is 1. The van der Waals surface area contributed by atoms with Gasteiger partial charge < -0.3 is 10.6 Å². The first-order valence-corrected chi connectivity index (χ1v) is 4.79. The molecule has 0 aliphatic carbocycles. The largest absolute Gasteiger partial charge is 0.330 e. The van der Waals surface area contributed by atoms with E-state index >= 15 is 0 Å². The van der Waals surface area contributed by atoms with Crippen LogP contribution in [0.5, 0.6) is 0 Å². The minimum absolute atomic E-state index is 0.808. The van der Waals surface area contributed by atoms with Crippen LogP contribution in [0, 0.1) is 5.92 Å². The monoisotopic (exact) mass is 156 g/mol. The Balaban J connectivity index is 2.14. The maximum absolute atomic E-state index is 5.60. The highest BCUT2D eigenvalue weighted by Gasteiger charge is 2.16. The molecule has 0 bridgehead atoms. The Kier molecular flexibility index (Phi) is 3.87. The standard InChI is InChI=1S/C9H20N2/c1-2-5-11-6-3-9(8-10)4-7-11/h9H,2-8,10H2,1H3. The van der Waals surface area contributed by atoms with Crippen LogP contribution in [0.1, 0.15) is 26.2 Å². The highest BCUT2D eigenvalue weighted by Crippen LogP contribution is 2.15. The SMILES string of the molecule is CCCN1CCC(CN)CC1. The van der Waals surface area contributed by atoms with Crippen molar-refractivity contribution in [1.82, 2.24) is 4.90 Å². The maximum atomic E-state index is 5.60. The Morgan fingerprint density at radius 1 is 1.36 bits per heavy atom. The van der Waals surface area contributed by atoms with Gasteiger partial charge in [-0.25, -0.2) is 0 Å². The van der Waals surface area contributed by atoms with Crippen LogP contribution in [0.4, 0.5) is 0 Å². The Bertz CT molecular complexity index is 95.7. The van der Waals surface area contributed by atoms with E-state index in [1.807, 2.05) is 0 Å². The zero-order chi connectivity index (χ0) is 8.10. The smallest absolute Gasteiger partial charge is 0.00156 e. The van der Waals surface area contributed by atoms with E-state index in [0.717, 1.165) is 12.5 Å². The number of likely N-dealkylation sites (tertiary alicyclic amines) is 1. The third kappa shape index (κ3) is 2.80. The predicted molar refractivity (Wildman–Crippen MR) is 48.5 cm³/mol. The van der Waals surface area contributed by atoms with Crippen LogP contribution in [0.3, 0.4) is 0 Å². The first-order chi connectivity index (χ1) is 5.36. The molecule has 2 N–H and O–H groups in total. The number of piperidine rings is 1. The van der Waals surface area contributed by atoms with Crippen LogP contribution in [0.2, 0.25) is 0 Å². The molecule has 1 aliphatic heterocycles. The maximum Gasteiger partial charge on any atom is -0.00156 e. The molecule has 11 heavy (non-hydrogen) atoms. The number of hydrogen-bond acceptors (Lipinski definition) is 2. The van der Waals surface area contributed by atoms with Crippen molar-refractivity contribution in [3.63, 3.8) is 0 Å². The van der Waals surface area contributed by atoms with Crippen LogP contribution in [-0.4, -0.2) is 31.1 Å². The normalized spacial score (nSPS) is 22.4. The molecule has 0 saturated carbocycles. The quantitative estimate of drug-likeness (QED) is 0.662. The minimum Gasteiger partial charge on any atom is -0.330 e. The zero-order valence-corrected chi connectivity index (χ0v) is 7.55. The van der Waals surface area contributed by atoms with E-state index in [9.17, 15) is 0 Å². The molecule has 1 aliphatic rings. The molecule has 0 aromatic carbocycles. The molecule has 1 rings (SSSR count). The van der Waals surface area contributed by atoms with Crippen molar-refractivity contribution in [3.8, 4) is 0 Å². The lowest BCUT2D eigenvalue weighted by Crippen LogP contribution is -2.36. The Labute approximate surface area is 69.8 Å². The van der Waals surface area contributed by atoms with Gasteiger partial charge in [0.05, 0.1) is 0 Å². The van der Waals surface area contributed by atoms with Crippen LogP contribution in [0.25, 0.3) is 0 Å². The van der Waals surface area contributed by atoms with E-state index in [-0.39, 0.29) is 0 Å². The number of nitrogens with two attached hydrogens (primary N) is 1. The lowest BCUT2D eigenvalue weighted by Gasteiger charge is -2.30. The van der Waals surface area contributed by atoms with Crippen LogP contribution < -0.4 is 5.73 Å². The second-order valence-corrected chi connectivity index (χ2v) is 3.52. The lowest BCUT2D eigenvalue weighted by atomic mass is 9.97. The van der Waals surface area contributed by atoms with Gasteiger partial charge in [0.25, 0.3) is 0 Å². The summed E-state index contributed by atoms with van der Waals surface area (Å²) >= 11 is 0. The molecule has 1 saturated heterocycles. The van der Waals surface area contributed by atoms with Gasteiger partial charge in [0.2, 0.25) is 0 Å². The second-order valence-electron chi connectivity index (χ2n) is 3.52. The topological polar surface area (TPSA) is 29.3 Å². The summed E-state index contributed by atoms with van der Waals surface area (Å²) in [7, 11) is 0. The Hall–Kier alpha value is -0.0800. The fourth-order valence-corrected chi connectivity index (χ4v) is 1.76. The summed E-state index contributed by atoms with van der Waals surface area (Å²) in [4.78, 5) is 2.55. The zero-order valence-electron chi connectivity index (χ0n) is 7.55. The van der Waals surface area contributed by atoms with E-state index in [1.54, 1.807) is 0 Å². The van der Waals surface area contributed by atoms with Crippen molar-refractivity contribution in [2.24, 2.45) is 11.7 Å². The fourth-order valence-electron chi connectivity index (χ4n) is 1.76. The van der Waals surface area contributed by atoms with Crippen LogP contribution >= 0.6 is 0 Å². The lowest BCUT2D eigenvalue weighted by molar-refractivity contribution is 0.188. The van der Waals surface area contributed by atoms with E-state index < -0.39 is 0 Å². The molecule has 1 heterocycles. The fraction of sp³-hybridized carbons (Fsp3) is 1.00. The van der Waals surface area contributed by atoms with Crippen LogP contribution in [0.15, 0.2) is 0 Å². The summed E-state index contributed by atoms with van der Waals surface area (Å²) in [5.74, 6) is 0.808. The molecular formula is C9H20N2. The predicted octanol–water partition coefficient (Wildman–Crippen LogP) is 1.07. The summed E-state index contributed by atoms with van der Waals surface area (Å²) in [6.45, 7) is 6.96. The molecule has 0 radical (unpaired) electrons. The Morgan fingerprint density at radius 2 is 2.00 bits per heavy atom. The van der Waals surface area contributed by atoms with Crippen molar-refractivity contribution < 1.29 is 0 Å². The van der Waals surface area contributed by atoms with Crippen molar-refractivity contribution in [2.45, 2.75) is 26.2 Å². The summed E-state index contributed by atoms with van der Waals surface area (Å²) in [5, 5.41) is 0. The number of hydrogen-bond donors (Lipinski definition) is 1. The highest BCUT2D eigenvalue weighted by molar-refractivity contribution is 4.71. The molecule has 0 unspecified atom stereocenters. The molecular weight excluding hydrogens is 136 g/mol. The van der Waals surface area contributed by atoms with Gasteiger partial charge >= 0.3 is 0 Å². The first-order valence-electron chi connectivity index (χ1n) is 4.79. The summed E-state index contributed by atoms with van der Waals surface area (Å²) < 4.78 is 0. The molecule has 0 aromatic heterocycles. The van der Waals surface area contributed by atoms with Gasteiger partial charge in [0.1, 0.15) is 0 Å². The third-order valence-electron chi connectivity index (χ3n) is 2.58. The Morgan fingerprint density at radius 3 is 2.45 bits per heavy atom. The van der Waals surface area contributed by atoms with E-state index in [0.29, 0.717) is 0 Å². The number of rotatable bonds is 3. The second kappa shape index (κ2) is 4.73. The average molecular weight is 156 g/mol. The van der Waals surface area contributed by atoms with E-state index in [4.69, 9.17) is 5.73 Å². The summed E-state index contributed by atoms with van der Waals surface area (Å²) in [6.07, 6.45) is 3.92. The van der Waals surface area contributed by atoms with Gasteiger partial charge in [-0.3, -0.25) is 0 Å². The molecule has 0 spiro atoms. The van der Waals surface area contributed by atoms with E-state index in [1.165, 1.54) is 38.9 Å². The third-order valence-corrected chi connectivity index (χ3v) is 2.58. The average Bonchev–Trinajstić information content (AvgIpc) is 2.07. The molecule has 2 nitrogen and oxygen atoms in total. The van der Waals surface area contributed by atoms with Gasteiger partial charge in [-0.2, -0.15) is 0 Å².